The van der Waals surface area contributed by atoms with Crippen LogP contribution in [0.15, 0.2) is 0 Å². The van der Waals surface area contributed by atoms with Crippen molar-refractivity contribution in [2.45, 2.75) is 25.1 Å². The number of sulfonamides is 1. The van der Waals surface area contributed by atoms with E-state index in [1.165, 1.54) is 0 Å². The molecule has 0 aromatic rings. The Labute approximate surface area is 87.5 Å². The van der Waals surface area contributed by atoms with Gasteiger partial charge in [-0.25, -0.2) is 13.1 Å². The summed E-state index contributed by atoms with van der Waals surface area (Å²) < 4.78 is 28.8. The van der Waals surface area contributed by atoms with E-state index >= 15 is 0 Å². The summed E-state index contributed by atoms with van der Waals surface area (Å²) >= 11 is 0. The van der Waals surface area contributed by atoms with Crippen LogP contribution in [0.25, 0.3) is 0 Å². The second-order valence-corrected chi connectivity index (χ2v) is 4.92. The molecule has 0 fully saturated rings. The van der Waals surface area contributed by atoms with Crippen molar-refractivity contribution in [3.05, 3.63) is 0 Å². The fourth-order valence-electron chi connectivity index (χ4n) is 0.692. The predicted octanol–water partition coefficient (Wildman–Crippen LogP) is -1.06. The number of nitrogens with one attached hydrogen (secondary N) is 1. The van der Waals surface area contributed by atoms with Crippen LogP contribution in [0.5, 0.6) is 0 Å². The first kappa shape index (κ1) is 13.8. The Bertz CT molecular complexity index is 348. The van der Waals surface area contributed by atoms with Gasteiger partial charge in [-0.1, -0.05) is 0 Å². The van der Waals surface area contributed by atoms with Crippen LogP contribution in [0.4, 0.5) is 0 Å². The van der Waals surface area contributed by atoms with Gasteiger partial charge in [0, 0.05) is 0 Å². The Morgan fingerprint density at radius 1 is 1.33 bits per heavy atom. The zero-order chi connectivity index (χ0) is 12.2. The Kier molecular flexibility index (Phi) is 4.69. The molecule has 0 saturated carbocycles. The van der Waals surface area contributed by atoms with Crippen LogP contribution in [0.2, 0.25) is 0 Å². The largest absolute Gasteiger partial charge is 0.480 e. The van der Waals surface area contributed by atoms with Crippen molar-refractivity contribution in [3.8, 4) is 0 Å². The zero-order valence-corrected chi connectivity index (χ0v) is 9.37. The molecule has 0 aliphatic rings. The Hall–Kier alpha value is -1.15. The van der Waals surface area contributed by atoms with Crippen molar-refractivity contribution in [1.29, 1.82) is 0 Å². The van der Waals surface area contributed by atoms with Crippen LogP contribution in [0.1, 0.15) is 13.8 Å². The topological polar surface area (TPSA) is 110 Å². The molecule has 0 aromatic heterocycles. The molecule has 0 amide bonds. The van der Waals surface area contributed by atoms with Gasteiger partial charge in [0.1, 0.15) is 6.04 Å². The summed E-state index contributed by atoms with van der Waals surface area (Å²) in [6, 6.07) is -1.29. The molecule has 2 atom stereocenters. The number of carbonyl (C=O) groups excluding carboxylic acids is 1. The molecule has 2 N–H and O–H groups in total. The normalized spacial score (nSPS) is 15.4. The van der Waals surface area contributed by atoms with Gasteiger partial charge in [-0.05, 0) is 13.8 Å². The summed E-state index contributed by atoms with van der Waals surface area (Å²) in [6.45, 7) is 2.27. The first-order valence-electron chi connectivity index (χ1n) is 4.04. The molecular weight excluding hydrogens is 226 g/mol. The third-order valence-electron chi connectivity index (χ3n) is 1.71. The zero-order valence-electron chi connectivity index (χ0n) is 8.55. The molecular formula is C7H13NO6S. The lowest BCUT2D eigenvalue weighted by molar-refractivity contribution is -0.140. The van der Waals surface area contributed by atoms with Crippen LogP contribution >= 0.6 is 0 Å². The van der Waals surface area contributed by atoms with Gasteiger partial charge in [0.15, 0.2) is 5.25 Å². The van der Waals surface area contributed by atoms with E-state index in [1.807, 2.05) is 4.72 Å². The second-order valence-electron chi connectivity index (χ2n) is 2.89. The summed E-state index contributed by atoms with van der Waals surface area (Å²) in [5.74, 6) is -2.27. The number of hydrogen-bond donors (Lipinski definition) is 2. The number of carboxylic acid groups (broad SMARTS) is 1. The Morgan fingerprint density at radius 2 is 1.80 bits per heavy atom. The lowest BCUT2D eigenvalue weighted by atomic mass is 10.4. The quantitative estimate of drug-likeness (QED) is 0.592. The first-order chi connectivity index (χ1) is 6.72. The van der Waals surface area contributed by atoms with Gasteiger partial charge in [-0.2, -0.15) is 0 Å². The van der Waals surface area contributed by atoms with Crippen molar-refractivity contribution < 1.29 is 27.9 Å². The van der Waals surface area contributed by atoms with E-state index in [0.717, 1.165) is 21.0 Å². The fraction of sp³-hybridized carbons (Fsp3) is 0.714. The monoisotopic (exact) mass is 239 g/mol. The standard InChI is InChI=1S/C7H13NO6S/c1-4(6(9)10)8-15(12,13)5(2)7(11)14-3/h4-5,8H,1-3H3,(H,9,10)/t4-,5?/m0/s1. The number of aliphatic carboxylic acids is 1. The van der Waals surface area contributed by atoms with Gasteiger partial charge >= 0.3 is 11.9 Å². The predicted molar refractivity (Wildman–Crippen MR) is 50.6 cm³/mol. The Balaban J connectivity index is 4.70. The highest BCUT2D eigenvalue weighted by Gasteiger charge is 2.31. The summed E-state index contributed by atoms with van der Waals surface area (Å²) in [7, 11) is -2.97. The molecule has 0 aliphatic carbocycles. The lowest BCUT2D eigenvalue weighted by Gasteiger charge is -2.14. The van der Waals surface area contributed by atoms with Crippen LogP contribution < -0.4 is 4.72 Å². The highest BCUT2D eigenvalue weighted by atomic mass is 32.2. The number of ether oxygens (including phenoxy) is 1. The van der Waals surface area contributed by atoms with Crippen molar-refractivity contribution in [1.82, 2.24) is 4.72 Å². The Morgan fingerprint density at radius 3 is 2.13 bits per heavy atom. The molecule has 7 nitrogen and oxygen atoms in total. The van der Waals surface area contributed by atoms with Gasteiger partial charge in [0.25, 0.3) is 0 Å². The van der Waals surface area contributed by atoms with Crippen LogP contribution in [-0.4, -0.2) is 43.9 Å². The van der Waals surface area contributed by atoms with Crippen LogP contribution in [0.3, 0.4) is 0 Å². The minimum Gasteiger partial charge on any atom is -0.480 e. The third kappa shape index (κ3) is 3.84. The first-order valence-corrected chi connectivity index (χ1v) is 5.58. The highest BCUT2D eigenvalue weighted by Crippen LogP contribution is 2.02. The number of carbonyl (C=O) groups is 2. The summed E-state index contributed by atoms with van der Waals surface area (Å²) in [6.07, 6.45) is 0. The van der Waals surface area contributed by atoms with Crippen molar-refractivity contribution in [2.75, 3.05) is 7.11 Å². The van der Waals surface area contributed by atoms with Gasteiger partial charge in [0.2, 0.25) is 10.0 Å². The summed E-state index contributed by atoms with van der Waals surface area (Å²) in [5.41, 5.74) is 0. The molecule has 0 rings (SSSR count). The number of carboxylic acids is 1. The van der Waals surface area contributed by atoms with E-state index in [1.54, 1.807) is 0 Å². The molecule has 0 bridgehead atoms. The molecule has 0 spiro atoms. The number of methoxy groups -OCH3 is 1. The van der Waals surface area contributed by atoms with Gasteiger partial charge < -0.3 is 9.84 Å². The van der Waals surface area contributed by atoms with E-state index in [2.05, 4.69) is 4.74 Å². The number of hydrogen-bond acceptors (Lipinski definition) is 5. The van der Waals surface area contributed by atoms with E-state index in [4.69, 9.17) is 5.11 Å². The molecule has 0 radical (unpaired) electrons. The third-order valence-corrected chi connectivity index (χ3v) is 3.52. The van der Waals surface area contributed by atoms with Crippen LogP contribution in [0, 0.1) is 0 Å². The average molecular weight is 239 g/mol. The molecule has 15 heavy (non-hydrogen) atoms. The fourth-order valence-corrected chi connectivity index (χ4v) is 1.84. The smallest absolute Gasteiger partial charge is 0.325 e. The number of esters is 1. The molecule has 88 valence electrons. The van der Waals surface area contributed by atoms with Crippen molar-refractivity contribution in [3.63, 3.8) is 0 Å². The molecule has 1 unspecified atom stereocenters. The SMILES string of the molecule is COC(=O)C(C)S(=O)(=O)N[C@@H](C)C(=O)O. The highest BCUT2D eigenvalue weighted by molar-refractivity contribution is 7.90. The molecule has 8 heteroatoms. The van der Waals surface area contributed by atoms with E-state index < -0.39 is 33.3 Å². The van der Waals surface area contributed by atoms with Gasteiger partial charge in [-0.15, -0.1) is 0 Å². The van der Waals surface area contributed by atoms with Crippen molar-refractivity contribution in [2.24, 2.45) is 0 Å². The summed E-state index contributed by atoms with van der Waals surface area (Å²) in [5, 5.41) is 7.04. The lowest BCUT2D eigenvalue weighted by Crippen LogP contribution is -2.45. The van der Waals surface area contributed by atoms with E-state index in [9.17, 15) is 18.0 Å². The second kappa shape index (κ2) is 5.08. The van der Waals surface area contributed by atoms with Gasteiger partial charge in [0.05, 0.1) is 7.11 Å². The molecule has 0 heterocycles. The summed E-state index contributed by atoms with van der Waals surface area (Å²) in [4.78, 5) is 21.3. The molecule has 0 saturated heterocycles. The maximum absolute atomic E-state index is 11.4. The molecule has 0 aromatic carbocycles. The average Bonchev–Trinajstić information content (AvgIpc) is 2.14. The van der Waals surface area contributed by atoms with Crippen LogP contribution in [-0.2, 0) is 24.3 Å². The number of rotatable bonds is 5. The maximum Gasteiger partial charge on any atom is 0.325 e. The minimum atomic E-state index is -4.02. The van der Waals surface area contributed by atoms with Crippen molar-refractivity contribution >= 4 is 22.0 Å². The van der Waals surface area contributed by atoms with E-state index in [-0.39, 0.29) is 0 Å². The molecule has 0 aliphatic heterocycles. The van der Waals surface area contributed by atoms with Gasteiger partial charge in [-0.3, -0.25) is 9.59 Å². The van der Waals surface area contributed by atoms with E-state index in [0.29, 0.717) is 0 Å². The minimum absolute atomic E-state index is 0.944. The maximum atomic E-state index is 11.4.